The van der Waals surface area contributed by atoms with Crippen LogP contribution in [0.1, 0.15) is 48.7 Å². The van der Waals surface area contributed by atoms with Gasteiger partial charge in [0.2, 0.25) is 0 Å². The van der Waals surface area contributed by atoms with Gasteiger partial charge in [0.1, 0.15) is 4.60 Å². The van der Waals surface area contributed by atoms with Gasteiger partial charge in [-0.15, -0.1) is 0 Å². The minimum absolute atomic E-state index is 0.00938. The van der Waals surface area contributed by atoms with Crippen molar-refractivity contribution in [1.82, 2.24) is 15.3 Å². The fourth-order valence-corrected chi connectivity index (χ4v) is 3.69. The lowest BCUT2D eigenvalue weighted by molar-refractivity contribution is -0.141. The number of carbonyl (C=O) groups is 2. The van der Waals surface area contributed by atoms with E-state index in [0.717, 1.165) is 16.7 Å². The van der Waals surface area contributed by atoms with E-state index in [2.05, 4.69) is 52.0 Å². The highest BCUT2D eigenvalue weighted by Gasteiger charge is 2.20. The van der Waals surface area contributed by atoms with Crippen molar-refractivity contribution in [3.05, 3.63) is 82.1 Å². The van der Waals surface area contributed by atoms with Crippen LogP contribution >= 0.6 is 15.9 Å². The van der Waals surface area contributed by atoms with Crippen LogP contribution in [0, 0.1) is 0 Å². The Labute approximate surface area is 202 Å². The third-order valence-corrected chi connectivity index (χ3v) is 5.75. The fraction of sp³-hybridized carbons (Fsp3) is 0.308. The second-order valence-electron chi connectivity index (χ2n) is 8.88. The van der Waals surface area contributed by atoms with Gasteiger partial charge >= 0.3 is 5.97 Å². The topological polar surface area (TPSA) is 81.2 Å². The van der Waals surface area contributed by atoms with E-state index in [1.165, 1.54) is 7.11 Å². The van der Waals surface area contributed by atoms with Crippen molar-refractivity contribution >= 4 is 27.8 Å². The van der Waals surface area contributed by atoms with E-state index < -0.39 is 6.04 Å². The Kier molecular flexibility index (Phi) is 7.97. The molecular formula is C26H28BrN3O3. The predicted octanol–water partition coefficient (Wildman–Crippen LogP) is 5.11. The first kappa shape index (κ1) is 24.6. The summed E-state index contributed by atoms with van der Waals surface area (Å²) in [6.45, 7) is 6.38. The number of benzene rings is 2. The molecule has 1 atom stereocenters. The Morgan fingerprint density at radius 1 is 1.03 bits per heavy atom. The second kappa shape index (κ2) is 10.7. The summed E-state index contributed by atoms with van der Waals surface area (Å²) < 4.78 is 5.55. The smallest absolute Gasteiger partial charge is 0.307 e. The van der Waals surface area contributed by atoms with Crippen molar-refractivity contribution in [2.75, 3.05) is 7.11 Å². The SMILES string of the molecule is COC(=O)C[C@H](Cc1ccc(-c2nccc(Br)n2)cc1)NC(=O)c1ccc(C(C)(C)C)cc1. The molecule has 3 rings (SSSR count). The number of nitrogens with one attached hydrogen (secondary N) is 1. The zero-order valence-corrected chi connectivity index (χ0v) is 20.8. The van der Waals surface area contributed by atoms with E-state index >= 15 is 0 Å². The van der Waals surface area contributed by atoms with Crippen LogP contribution in [0.2, 0.25) is 0 Å². The molecule has 7 heteroatoms. The normalized spacial score (nSPS) is 12.2. The highest BCUT2D eigenvalue weighted by Crippen LogP contribution is 2.22. The Morgan fingerprint density at radius 3 is 2.27 bits per heavy atom. The lowest BCUT2D eigenvalue weighted by Gasteiger charge is -2.20. The molecule has 6 nitrogen and oxygen atoms in total. The molecule has 0 saturated carbocycles. The van der Waals surface area contributed by atoms with E-state index in [4.69, 9.17) is 4.74 Å². The van der Waals surface area contributed by atoms with Gasteiger partial charge in [-0.25, -0.2) is 9.97 Å². The quantitative estimate of drug-likeness (QED) is 0.353. The van der Waals surface area contributed by atoms with Gasteiger partial charge in [-0.05, 0) is 57.1 Å². The van der Waals surface area contributed by atoms with Crippen LogP contribution < -0.4 is 5.32 Å². The van der Waals surface area contributed by atoms with Crippen molar-refractivity contribution in [3.8, 4) is 11.4 Å². The zero-order valence-electron chi connectivity index (χ0n) is 19.3. The monoisotopic (exact) mass is 509 g/mol. The summed E-state index contributed by atoms with van der Waals surface area (Å²) in [4.78, 5) is 33.5. The minimum atomic E-state index is -0.403. The van der Waals surface area contributed by atoms with Crippen LogP contribution in [0.4, 0.5) is 0 Å². The average Bonchev–Trinajstić information content (AvgIpc) is 2.79. The number of esters is 1. The van der Waals surface area contributed by atoms with Crippen molar-refractivity contribution in [3.63, 3.8) is 0 Å². The number of hydrogen-bond donors (Lipinski definition) is 1. The number of rotatable bonds is 7. The molecule has 0 spiro atoms. The number of ether oxygens (including phenoxy) is 1. The third kappa shape index (κ3) is 6.96. The van der Waals surface area contributed by atoms with Crippen LogP contribution in [0.25, 0.3) is 11.4 Å². The Bertz CT molecular complexity index is 1110. The Morgan fingerprint density at radius 2 is 1.70 bits per heavy atom. The molecule has 1 N–H and O–H groups in total. The maximum absolute atomic E-state index is 12.9. The number of aromatic nitrogens is 2. The van der Waals surface area contributed by atoms with Gasteiger partial charge in [0.25, 0.3) is 5.91 Å². The summed E-state index contributed by atoms with van der Waals surface area (Å²) in [5.41, 5.74) is 3.58. The van der Waals surface area contributed by atoms with Crippen LogP contribution in [0.5, 0.6) is 0 Å². The average molecular weight is 510 g/mol. The lowest BCUT2D eigenvalue weighted by Crippen LogP contribution is -2.38. The minimum Gasteiger partial charge on any atom is -0.469 e. The third-order valence-electron chi connectivity index (χ3n) is 5.30. The van der Waals surface area contributed by atoms with E-state index in [1.807, 2.05) is 48.5 Å². The van der Waals surface area contributed by atoms with Gasteiger partial charge in [0, 0.05) is 23.4 Å². The van der Waals surface area contributed by atoms with Crippen molar-refractivity contribution in [2.45, 2.75) is 45.1 Å². The Balaban J connectivity index is 1.73. The number of amides is 1. The van der Waals surface area contributed by atoms with Crippen molar-refractivity contribution in [1.29, 1.82) is 0 Å². The zero-order chi connectivity index (χ0) is 24.0. The molecule has 1 heterocycles. The largest absolute Gasteiger partial charge is 0.469 e. The summed E-state index contributed by atoms with van der Waals surface area (Å²) in [7, 11) is 1.35. The summed E-state index contributed by atoms with van der Waals surface area (Å²) in [6.07, 6.45) is 2.26. The van der Waals surface area contributed by atoms with Gasteiger partial charge < -0.3 is 10.1 Å². The lowest BCUT2D eigenvalue weighted by atomic mass is 9.86. The van der Waals surface area contributed by atoms with E-state index in [0.29, 0.717) is 22.4 Å². The first-order valence-corrected chi connectivity index (χ1v) is 11.5. The summed E-state index contributed by atoms with van der Waals surface area (Å²) >= 11 is 3.36. The molecule has 0 radical (unpaired) electrons. The summed E-state index contributed by atoms with van der Waals surface area (Å²) in [6, 6.07) is 16.7. The maximum atomic E-state index is 12.9. The highest BCUT2D eigenvalue weighted by molar-refractivity contribution is 9.10. The summed E-state index contributed by atoms with van der Waals surface area (Å²) in [5, 5.41) is 2.99. The van der Waals surface area contributed by atoms with Crippen LogP contribution in [-0.2, 0) is 21.4 Å². The molecular weight excluding hydrogens is 482 g/mol. The standard InChI is InChI=1S/C26H28BrN3O3/c1-26(2,3)20-11-9-19(10-12-20)25(32)29-21(16-23(31)33-4)15-17-5-7-18(8-6-17)24-28-14-13-22(27)30-24/h5-14,21H,15-16H2,1-4H3,(H,29,32)/t21-/m0/s1. The van der Waals surface area contributed by atoms with Gasteiger partial charge in [-0.3, -0.25) is 9.59 Å². The molecule has 2 aromatic carbocycles. The van der Waals surface area contributed by atoms with Crippen molar-refractivity contribution < 1.29 is 14.3 Å². The van der Waals surface area contributed by atoms with Crippen LogP contribution in [0.15, 0.2) is 65.4 Å². The first-order chi connectivity index (χ1) is 15.7. The number of hydrogen-bond acceptors (Lipinski definition) is 5. The number of carbonyl (C=O) groups excluding carboxylic acids is 2. The van der Waals surface area contributed by atoms with Crippen molar-refractivity contribution in [2.24, 2.45) is 0 Å². The van der Waals surface area contributed by atoms with E-state index in [9.17, 15) is 9.59 Å². The molecule has 0 bridgehead atoms. The van der Waals surface area contributed by atoms with Crippen LogP contribution in [-0.4, -0.2) is 35.0 Å². The molecule has 172 valence electrons. The Hall–Kier alpha value is -3.06. The fourth-order valence-electron chi connectivity index (χ4n) is 3.40. The number of halogens is 1. The van der Waals surface area contributed by atoms with Gasteiger partial charge in [0.15, 0.2) is 5.82 Å². The molecule has 33 heavy (non-hydrogen) atoms. The van der Waals surface area contributed by atoms with E-state index in [1.54, 1.807) is 12.3 Å². The molecule has 0 aliphatic heterocycles. The maximum Gasteiger partial charge on any atom is 0.307 e. The van der Waals surface area contributed by atoms with Crippen LogP contribution in [0.3, 0.4) is 0 Å². The van der Waals surface area contributed by atoms with Gasteiger partial charge in [-0.1, -0.05) is 57.2 Å². The first-order valence-electron chi connectivity index (χ1n) is 10.7. The highest BCUT2D eigenvalue weighted by atomic mass is 79.9. The number of nitrogens with zero attached hydrogens (tertiary/aromatic N) is 2. The van der Waals surface area contributed by atoms with Gasteiger partial charge in [0.05, 0.1) is 13.5 Å². The molecule has 0 fully saturated rings. The second-order valence-corrected chi connectivity index (χ2v) is 9.69. The molecule has 1 aromatic heterocycles. The molecule has 0 saturated heterocycles. The van der Waals surface area contributed by atoms with Gasteiger partial charge in [-0.2, -0.15) is 0 Å². The molecule has 0 aliphatic carbocycles. The molecule has 1 amide bonds. The molecule has 0 aliphatic rings. The number of methoxy groups -OCH3 is 1. The predicted molar refractivity (Wildman–Crippen MR) is 132 cm³/mol. The summed E-state index contributed by atoms with van der Waals surface area (Å²) in [5.74, 6) is 0.0279. The molecule has 0 unspecified atom stereocenters. The molecule has 3 aromatic rings. The van der Waals surface area contributed by atoms with E-state index in [-0.39, 0.29) is 23.7 Å².